The van der Waals surface area contributed by atoms with Crippen molar-refractivity contribution in [1.82, 2.24) is 15.2 Å². The zero-order chi connectivity index (χ0) is 16.0. The molecule has 0 aliphatic carbocycles. The van der Waals surface area contributed by atoms with E-state index in [1.54, 1.807) is 0 Å². The van der Waals surface area contributed by atoms with Crippen molar-refractivity contribution in [3.05, 3.63) is 29.8 Å². The number of halogens is 1. The maximum atomic E-state index is 13.1. The van der Waals surface area contributed by atoms with E-state index in [-0.39, 0.29) is 24.6 Å². The number of rotatable bonds is 6. The molecule has 1 aromatic heterocycles. The van der Waals surface area contributed by atoms with E-state index in [0.717, 1.165) is 23.4 Å². The summed E-state index contributed by atoms with van der Waals surface area (Å²) in [5, 5.41) is 11.5. The van der Waals surface area contributed by atoms with Gasteiger partial charge in [-0.2, -0.15) is 0 Å². The number of hydrogen-bond donors (Lipinski definition) is 2. The predicted molar refractivity (Wildman–Crippen MR) is 71.0 cm³/mol. The lowest BCUT2D eigenvalue weighted by Gasteiger charge is -2.26. The van der Waals surface area contributed by atoms with Crippen molar-refractivity contribution in [2.75, 3.05) is 13.1 Å². The zero-order valence-corrected chi connectivity index (χ0v) is 11.7. The third-order valence-corrected chi connectivity index (χ3v) is 2.76. The van der Waals surface area contributed by atoms with E-state index < -0.39 is 23.7 Å². The minimum Gasteiger partial charge on any atom is -0.480 e. The Bertz CT molecular complexity index is 550. The first-order chi connectivity index (χ1) is 9.82. The number of nitrogens with zero attached hydrogens (tertiary/aromatic N) is 2. The molecule has 1 atom stereocenters. The third kappa shape index (κ3) is 4.83. The van der Waals surface area contributed by atoms with Crippen molar-refractivity contribution in [1.29, 1.82) is 0 Å². The van der Waals surface area contributed by atoms with Gasteiger partial charge in [-0.05, 0) is 13.0 Å². The Balaban J connectivity index is 2.91. The maximum absolute atomic E-state index is 13.1. The van der Waals surface area contributed by atoms with Gasteiger partial charge in [0.05, 0.1) is 11.8 Å². The molecule has 2 N–H and O–H groups in total. The van der Waals surface area contributed by atoms with Crippen LogP contribution < -0.4 is 5.32 Å². The third-order valence-electron chi connectivity index (χ3n) is 2.76. The summed E-state index contributed by atoms with van der Waals surface area (Å²) in [5.74, 6) is -2.85. The van der Waals surface area contributed by atoms with Gasteiger partial charge in [0.1, 0.15) is 11.9 Å². The Morgan fingerprint density at radius 3 is 2.62 bits per heavy atom. The summed E-state index contributed by atoms with van der Waals surface area (Å²) in [6.07, 6.45) is 2.10. The summed E-state index contributed by atoms with van der Waals surface area (Å²) in [4.78, 5) is 38.8. The van der Waals surface area contributed by atoms with E-state index >= 15 is 0 Å². The molecular formula is C13H16FN3O4. The number of amides is 2. The molecule has 1 unspecified atom stereocenters. The molecule has 0 spiro atoms. The minimum absolute atomic E-state index is 0.0115. The molecule has 8 heteroatoms. The monoisotopic (exact) mass is 297 g/mol. The molecule has 0 aliphatic rings. The van der Waals surface area contributed by atoms with Crippen LogP contribution in [0.1, 0.15) is 24.2 Å². The summed E-state index contributed by atoms with van der Waals surface area (Å²) < 4.78 is 13.1. The normalized spacial score (nSPS) is 11.6. The molecule has 0 bridgehead atoms. The number of pyridine rings is 1. The smallest absolute Gasteiger partial charge is 0.326 e. The Hall–Kier alpha value is -2.51. The van der Waals surface area contributed by atoms with Crippen molar-refractivity contribution in [3.63, 3.8) is 0 Å². The van der Waals surface area contributed by atoms with Gasteiger partial charge in [0.2, 0.25) is 5.91 Å². The van der Waals surface area contributed by atoms with Crippen LogP contribution in [0.2, 0.25) is 0 Å². The number of carbonyl (C=O) groups excluding carboxylic acids is 2. The Labute approximate surface area is 120 Å². The summed E-state index contributed by atoms with van der Waals surface area (Å²) in [7, 11) is 0. The SMILES string of the molecule is CC(=O)NCCN(C(=O)c1cncc(F)c1)C(C)C(=O)O. The van der Waals surface area contributed by atoms with Crippen LogP contribution >= 0.6 is 0 Å². The molecule has 1 aromatic rings. The number of carboxylic acids is 1. The van der Waals surface area contributed by atoms with Crippen molar-refractivity contribution < 1.29 is 23.9 Å². The molecule has 1 rings (SSSR count). The number of nitrogens with one attached hydrogen (secondary N) is 1. The molecule has 7 nitrogen and oxygen atoms in total. The van der Waals surface area contributed by atoms with Crippen LogP contribution in [-0.2, 0) is 9.59 Å². The molecule has 0 aromatic carbocycles. The van der Waals surface area contributed by atoms with Crippen molar-refractivity contribution in [2.45, 2.75) is 19.9 Å². The van der Waals surface area contributed by atoms with Gasteiger partial charge in [-0.1, -0.05) is 0 Å². The second-order valence-electron chi connectivity index (χ2n) is 4.39. The molecule has 21 heavy (non-hydrogen) atoms. The number of aromatic nitrogens is 1. The Morgan fingerprint density at radius 1 is 1.43 bits per heavy atom. The van der Waals surface area contributed by atoms with Crippen LogP contribution in [-0.4, -0.2) is 51.9 Å². The Kier molecular flexibility index (Phi) is 5.77. The van der Waals surface area contributed by atoms with Crippen molar-refractivity contribution >= 4 is 17.8 Å². The number of aliphatic carboxylic acids is 1. The lowest BCUT2D eigenvalue weighted by molar-refractivity contribution is -0.141. The fourth-order valence-corrected chi connectivity index (χ4v) is 1.65. The predicted octanol–water partition coefficient (Wildman–Crippen LogP) is 0.272. The van der Waals surface area contributed by atoms with Gasteiger partial charge < -0.3 is 15.3 Å². The molecule has 1 heterocycles. The van der Waals surface area contributed by atoms with E-state index in [1.807, 2.05) is 0 Å². The fourth-order valence-electron chi connectivity index (χ4n) is 1.65. The molecule has 0 saturated heterocycles. The molecule has 0 saturated carbocycles. The molecule has 2 amide bonds. The van der Waals surface area contributed by atoms with E-state index in [1.165, 1.54) is 13.8 Å². The molecule has 0 aliphatic heterocycles. The van der Waals surface area contributed by atoms with Gasteiger partial charge in [-0.3, -0.25) is 14.6 Å². The van der Waals surface area contributed by atoms with Gasteiger partial charge in [-0.25, -0.2) is 9.18 Å². The van der Waals surface area contributed by atoms with E-state index in [0.29, 0.717) is 0 Å². The topological polar surface area (TPSA) is 99.6 Å². The standard InChI is InChI=1S/C13H16FN3O4/c1-8(13(20)21)17(4-3-16-9(2)18)12(19)10-5-11(14)7-15-6-10/h5-8H,3-4H2,1-2H3,(H,16,18)(H,20,21). The van der Waals surface area contributed by atoms with Crippen molar-refractivity contribution in [3.8, 4) is 0 Å². The second-order valence-corrected chi connectivity index (χ2v) is 4.39. The fraction of sp³-hybridized carbons (Fsp3) is 0.385. The van der Waals surface area contributed by atoms with Crippen LogP contribution in [0.3, 0.4) is 0 Å². The van der Waals surface area contributed by atoms with Gasteiger partial charge in [0.25, 0.3) is 5.91 Å². The van der Waals surface area contributed by atoms with E-state index in [9.17, 15) is 18.8 Å². The van der Waals surface area contributed by atoms with Crippen LogP contribution in [0.25, 0.3) is 0 Å². The lowest BCUT2D eigenvalue weighted by Crippen LogP contribution is -2.46. The van der Waals surface area contributed by atoms with Crippen LogP contribution in [0.5, 0.6) is 0 Å². The maximum Gasteiger partial charge on any atom is 0.326 e. The minimum atomic E-state index is -1.20. The van der Waals surface area contributed by atoms with E-state index in [2.05, 4.69) is 10.3 Å². The molecule has 0 radical (unpaired) electrons. The first-order valence-corrected chi connectivity index (χ1v) is 6.21. The highest BCUT2D eigenvalue weighted by Gasteiger charge is 2.26. The zero-order valence-electron chi connectivity index (χ0n) is 11.7. The molecule has 114 valence electrons. The van der Waals surface area contributed by atoms with Crippen molar-refractivity contribution in [2.24, 2.45) is 0 Å². The number of carbonyl (C=O) groups is 3. The highest BCUT2D eigenvalue weighted by Crippen LogP contribution is 2.09. The number of hydrogen-bond acceptors (Lipinski definition) is 4. The average Bonchev–Trinajstić information content (AvgIpc) is 2.42. The molecular weight excluding hydrogens is 281 g/mol. The van der Waals surface area contributed by atoms with Gasteiger partial charge in [0, 0.05) is 26.2 Å². The van der Waals surface area contributed by atoms with Gasteiger partial charge in [0.15, 0.2) is 0 Å². The highest BCUT2D eigenvalue weighted by molar-refractivity contribution is 5.96. The average molecular weight is 297 g/mol. The summed E-state index contributed by atoms with van der Waals surface area (Å²) >= 11 is 0. The highest BCUT2D eigenvalue weighted by atomic mass is 19.1. The Morgan fingerprint density at radius 2 is 2.10 bits per heavy atom. The summed E-state index contributed by atoms with van der Waals surface area (Å²) in [6.45, 7) is 2.73. The van der Waals surface area contributed by atoms with Crippen LogP contribution in [0.4, 0.5) is 4.39 Å². The second kappa shape index (κ2) is 7.32. The van der Waals surface area contributed by atoms with Crippen LogP contribution in [0, 0.1) is 5.82 Å². The van der Waals surface area contributed by atoms with Gasteiger partial charge >= 0.3 is 5.97 Å². The summed E-state index contributed by atoms with van der Waals surface area (Å²) in [5.41, 5.74) is -0.0501. The number of carboxylic acid groups (broad SMARTS) is 1. The first kappa shape index (κ1) is 16.5. The van der Waals surface area contributed by atoms with Crippen LogP contribution in [0.15, 0.2) is 18.5 Å². The quantitative estimate of drug-likeness (QED) is 0.785. The van der Waals surface area contributed by atoms with E-state index in [4.69, 9.17) is 5.11 Å². The first-order valence-electron chi connectivity index (χ1n) is 6.21. The van der Waals surface area contributed by atoms with Gasteiger partial charge in [-0.15, -0.1) is 0 Å². The lowest BCUT2D eigenvalue weighted by atomic mass is 10.2. The largest absolute Gasteiger partial charge is 0.480 e. The molecule has 0 fully saturated rings. The summed E-state index contributed by atoms with van der Waals surface area (Å²) in [6, 6.07) is -0.135.